The van der Waals surface area contributed by atoms with E-state index < -0.39 is 9.84 Å². The molecule has 1 saturated heterocycles. The van der Waals surface area contributed by atoms with Crippen molar-refractivity contribution in [3.05, 3.63) is 29.3 Å². The Labute approximate surface area is 121 Å². The van der Waals surface area contributed by atoms with Gasteiger partial charge < -0.3 is 10.6 Å². The Hall–Kier alpha value is -1.07. The molecule has 1 atom stereocenters. The van der Waals surface area contributed by atoms with Crippen LogP contribution in [0.1, 0.15) is 24.5 Å². The van der Waals surface area contributed by atoms with Crippen molar-refractivity contribution in [3.63, 3.8) is 0 Å². The number of sulfone groups is 1. The molecular formula is C15H24N2O2S. The van der Waals surface area contributed by atoms with E-state index in [0.29, 0.717) is 13.1 Å². The number of anilines is 1. The molecule has 5 heteroatoms. The first-order valence-corrected chi connectivity index (χ1v) is 9.04. The number of aryl methyl sites for hydroxylation is 1. The van der Waals surface area contributed by atoms with E-state index in [4.69, 9.17) is 5.73 Å². The van der Waals surface area contributed by atoms with Gasteiger partial charge in [-0.25, -0.2) is 8.42 Å². The average molecular weight is 296 g/mol. The summed E-state index contributed by atoms with van der Waals surface area (Å²) >= 11 is 0. The zero-order valence-electron chi connectivity index (χ0n) is 12.3. The van der Waals surface area contributed by atoms with Crippen LogP contribution in [-0.2, 0) is 16.3 Å². The van der Waals surface area contributed by atoms with Crippen LogP contribution in [0.15, 0.2) is 18.2 Å². The maximum Gasteiger partial charge on any atom is 0.153 e. The highest BCUT2D eigenvalue weighted by Crippen LogP contribution is 2.22. The second kappa shape index (κ2) is 6.14. The number of hydrogen-bond acceptors (Lipinski definition) is 4. The highest BCUT2D eigenvalue weighted by atomic mass is 32.2. The number of hydrogen-bond donors (Lipinski definition) is 1. The lowest BCUT2D eigenvalue weighted by Gasteiger charge is -2.29. The van der Waals surface area contributed by atoms with E-state index in [1.54, 1.807) is 0 Å². The summed E-state index contributed by atoms with van der Waals surface area (Å²) in [4.78, 5) is 2.15. The van der Waals surface area contributed by atoms with Gasteiger partial charge in [0, 0.05) is 24.8 Å². The van der Waals surface area contributed by atoms with E-state index in [2.05, 4.69) is 36.9 Å². The zero-order valence-corrected chi connectivity index (χ0v) is 13.1. The fraction of sp³-hybridized carbons (Fsp3) is 0.600. The molecule has 0 aromatic heterocycles. The van der Waals surface area contributed by atoms with Gasteiger partial charge in [0.1, 0.15) is 0 Å². The molecule has 0 amide bonds. The summed E-state index contributed by atoms with van der Waals surface area (Å²) in [5.74, 6) is 0.517. The van der Waals surface area contributed by atoms with Crippen LogP contribution >= 0.6 is 0 Å². The number of nitrogens with zero attached hydrogens (tertiary/aromatic N) is 1. The molecule has 0 radical (unpaired) electrons. The monoisotopic (exact) mass is 296 g/mol. The van der Waals surface area contributed by atoms with Gasteiger partial charge in [0.15, 0.2) is 9.84 Å². The highest BCUT2D eigenvalue weighted by molar-refractivity contribution is 7.91. The molecule has 1 aromatic rings. The average Bonchev–Trinajstić information content (AvgIpc) is 2.41. The van der Waals surface area contributed by atoms with Gasteiger partial charge in [0.05, 0.1) is 11.5 Å². The largest absolute Gasteiger partial charge is 0.369 e. The fourth-order valence-electron chi connectivity index (χ4n) is 2.50. The van der Waals surface area contributed by atoms with E-state index in [1.807, 2.05) is 0 Å². The summed E-state index contributed by atoms with van der Waals surface area (Å²) in [6, 6.07) is 6.57. The molecule has 20 heavy (non-hydrogen) atoms. The first kappa shape index (κ1) is 15.3. The van der Waals surface area contributed by atoms with Crippen LogP contribution in [0.3, 0.4) is 0 Å². The molecule has 0 saturated carbocycles. The van der Waals surface area contributed by atoms with Crippen molar-refractivity contribution in [1.29, 1.82) is 0 Å². The van der Waals surface area contributed by atoms with Crippen molar-refractivity contribution in [1.82, 2.24) is 0 Å². The molecule has 1 aliphatic heterocycles. The molecule has 0 bridgehead atoms. The zero-order chi connectivity index (χ0) is 14.8. The van der Waals surface area contributed by atoms with Crippen molar-refractivity contribution in [2.75, 3.05) is 29.5 Å². The molecule has 2 rings (SSSR count). The Morgan fingerprint density at radius 2 is 1.95 bits per heavy atom. The topological polar surface area (TPSA) is 63.4 Å². The van der Waals surface area contributed by atoms with Crippen molar-refractivity contribution in [2.24, 2.45) is 5.73 Å². The minimum Gasteiger partial charge on any atom is -0.369 e. The molecule has 0 aliphatic carbocycles. The third-order valence-corrected chi connectivity index (χ3v) is 5.65. The first-order chi connectivity index (χ1) is 9.41. The molecule has 1 unspecified atom stereocenters. The summed E-state index contributed by atoms with van der Waals surface area (Å²) in [5.41, 5.74) is 9.65. The molecular weight excluding hydrogens is 272 g/mol. The van der Waals surface area contributed by atoms with Gasteiger partial charge in [-0.1, -0.05) is 13.0 Å². The lowest BCUT2D eigenvalue weighted by atomic mass is 9.99. The predicted molar refractivity (Wildman–Crippen MR) is 84.0 cm³/mol. The normalized spacial score (nSPS) is 19.9. The second-order valence-corrected chi connectivity index (χ2v) is 7.93. The van der Waals surface area contributed by atoms with Gasteiger partial charge in [-0.2, -0.15) is 0 Å². The molecule has 1 fully saturated rings. The maximum absolute atomic E-state index is 11.5. The fourth-order valence-corrected chi connectivity index (χ4v) is 3.70. The van der Waals surface area contributed by atoms with Gasteiger partial charge in [-0.3, -0.25) is 0 Å². The SMILES string of the molecule is CCC(N)Cc1ccc(N2CCS(=O)(=O)CC2)cc1C. The van der Waals surface area contributed by atoms with E-state index in [-0.39, 0.29) is 17.5 Å². The van der Waals surface area contributed by atoms with Crippen LogP contribution in [-0.4, -0.2) is 39.1 Å². The van der Waals surface area contributed by atoms with E-state index in [9.17, 15) is 8.42 Å². The van der Waals surface area contributed by atoms with E-state index in [0.717, 1.165) is 18.5 Å². The third-order valence-electron chi connectivity index (χ3n) is 4.04. The second-order valence-electron chi connectivity index (χ2n) is 5.62. The Balaban J connectivity index is 2.09. The van der Waals surface area contributed by atoms with Crippen LogP contribution in [0.25, 0.3) is 0 Å². The molecule has 2 N–H and O–H groups in total. The Kier molecular flexibility index (Phi) is 4.70. The summed E-state index contributed by atoms with van der Waals surface area (Å²) in [5, 5.41) is 0. The van der Waals surface area contributed by atoms with Crippen LogP contribution in [0.4, 0.5) is 5.69 Å². The van der Waals surface area contributed by atoms with Crippen molar-refractivity contribution in [2.45, 2.75) is 32.7 Å². The summed E-state index contributed by atoms with van der Waals surface area (Å²) in [7, 11) is -2.82. The summed E-state index contributed by atoms with van der Waals surface area (Å²) < 4.78 is 22.9. The first-order valence-electron chi connectivity index (χ1n) is 7.22. The van der Waals surface area contributed by atoms with Gasteiger partial charge in [0.25, 0.3) is 0 Å². The lowest BCUT2D eigenvalue weighted by molar-refractivity contribution is 0.587. The van der Waals surface area contributed by atoms with Crippen LogP contribution in [0, 0.1) is 6.92 Å². The van der Waals surface area contributed by atoms with Gasteiger partial charge in [-0.05, 0) is 43.0 Å². The molecule has 1 aliphatic rings. The van der Waals surface area contributed by atoms with Crippen molar-refractivity contribution >= 4 is 15.5 Å². The molecule has 0 spiro atoms. The molecule has 4 nitrogen and oxygen atoms in total. The van der Waals surface area contributed by atoms with Crippen LogP contribution < -0.4 is 10.6 Å². The number of benzene rings is 1. The Bertz CT molecular complexity index is 555. The van der Waals surface area contributed by atoms with Crippen molar-refractivity contribution in [3.8, 4) is 0 Å². The standard InChI is InChI=1S/C15H24N2O2S/c1-3-14(16)11-13-4-5-15(10-12(13)2)17-6-8-20(18,19)9-7-17/h4-5,10,14H,3,6-9,11,16H2,1-2H3. The van der Waals surface area contributed by atoms with Crippen molar-refractivity contribution < 1.29 is 8.42 Å². The maximum atomic E-state index is 11.5. The number of nitrogens with two attached hydrogens (primary N) is 1. The minimum atomic E-state index is -2.82. The van der Waals surface area contributed by atoms with E-state index in [1.165, 1.54) is 11.1 Å². The smallest absolute Gasteiger partial charge is 0.153 e. The third kappa shape index (κ3) is 3.73. The summed E-state index contributed by atoms with van der Waals surface area (Å²) in [6.45, 7) is 5.38. The quantitative estimate of drug-likeness (QED) is 0.915. The lowest BCUT2D eigenvalue weighted by Crippen LogP contribution is -2.40. The molecule has 112 valence electrons. The van der Waals surface area contributed by atoms with E-state index >= 15 is 0 Å². The summed E-state index contributed by atoms with van der Waals surface area (Å²) in [6.07, 6.45) is 1.88. The van der Waals surface area contributed by atoms with Gasteiger partial charge in [-0.15, -0.1) is 0 Å². The predicted octanol–water partition coefficient (Wildman–Crippen LogP) is 1.51. The molecule has 1 heterocycles. The van der Waals surface area contributed by atoms with Gasteiger partial charge >= 0.3 is 0 Å². The highest BCUT2D eigenvalue weighted by Gasteiger charge is 2.21. The van der Waals surface area contributed by atoms with Gasteiger partial charge in [0.2, 0.25) is 0 Å². The number of rotatable bonds is 4. The Morgan fingerprint density at radius 3 is 2.50 bits per heavy atom. The van der Waals surface area contributed by atoms with Crippen LogP contribution in [0.2, 0.25) is 0 Å². The minimum absolute atomic E-state index is 0.208. The van der Waals surface area contributed by atoms with Crippen LogP contribution in [0.5, 0.6) is 0 Å². The molecule has 1 aromatic carbocycles. The Morgan fingerprint density at radius 1 is 1.30 bits per heavy atom.